The van der Waals surface area contributed by atoms with Gasteiger partial charge in [-0.05, 0) is 88.5 Å². The van der Waals surface area contributed by atoms with Gasteiger partial charge in [0.1, 0.15) is 5.78 Å². The van der Waals surface area contributed by atoms with Crippen LogP contribution >= 0.6 is 0 Å². The van der Waals surface area contributed by atoms with Gasteiger partial charge in [-0.1, -0.05) is 64.0 Å². The summed E-state index contributed by atoms with van der Waals surface area (Å²) in [7, 11) is 0. The number of Topliss-reactive ketones (excluding diaryl/α,β-unsaturated/α-hetero) is 2. The van der Waals surface area contributed by atoms with Crippen molar-refractivity contribution in [3.05, 3.63) is 34.9 Å². The molecule has 0 aliphatic heterocycles. The van der Waals surface area contributed by atoms with Crippen LogP contribution in [0.2, 0.25) is 0 Å². The maximum absolute atomic E-state index is 11.2. The normalized spacial score (nSPS) is 26.4. The van der Waals surface area contributed by atoms with Gasteiger partial charge in [-0.2, -0.15) is 0 Å². The summed E-state index contributed by atoms with van der Waals surface area (Å²) in [5.74, 6) is 1.15. The van der Waals surface area contributed by atoms with Crippen LogP contribution in [0, 0.1) is 28.6 Å². The first kappa shape index (κ1) is 27.6. The van der Waals surface area contributed by atoms with Gasteiger partial charge in [0.05, 0.1) is 6.10 Å². The number of carbonyl (C=O) groups excluding carboxylic acids is 2. The summed E-state index contributed by atoms with van der Waals surface area (Å²) in [5, 5.41) is 10.0. The molecule has 3 heteroatoms. The predicted molar refractivity (Wildman–Crippen MR) is 131 cm³/mol. The van der Waals surface area contributed by atoms with E-state index in [2.05, 4.69) is 59.8 Å². The van der Waals surface area contributed by atoms with E-state index in [1.54, 1.807) is 13.8 Å². The molecule has 4 atom stereocenters. The van der Waals surface area contributed by atoms with Gasteiger partial charge >= 0.3 is 0 Å². The summed E-state index contributed by atoms with van der Waals surface area (Å²) in [5.41, 5.74) is 4.25. The molecule has 0 saturated carbocycles. The van der Waals surface area contributed by atoms with Crippen molar-refractivity contribution in [1.29, 1.82) is 0 Å². The largest absolute Gasteiger partial charge is 0.392 e. The fourth-order valence-electron chi connectivity index (χ4n) is 4.41. The molecule has 0 fully saturated rings. The molecule has 3 nitrogen and oxygen atoms in total. The second-order valence-corrected chi connectivity index (χ2v) is 11.0. The molecule has 0 heterocycles. The summed E-state index contributed by atoms with van der Waals surface area (Å²) in [4.78, 5) is 22.3. The lowest BCUT2D eigenvalue weighted by Crippen LogP contribution is -2.30. The Labute approximate surface area is 191 Å². The number of allylic oxidation sites excluding steroid dienone is 6. The van der Waals surface area contributed by atoms with Crippen LogP contribution in [0.5, 0.6) is 0 Å². The second kappa shape index (κ2) is 10.9. The molecule has 0 aromatic heterocycles. The van der Waals surface area contributed by atoms with Crippen molar-refractivity contribution in [3.63, 3.8) is 0 Å². The van der Waals surface area contributed by atoms with E-state index in [9.17, 15) is 14.7 Å². The molecule has 0 bridgehead atoms. The Morgan fingerprint density at radius 1 is 1.00 bits per heavy atom. The lowest BCUT2D eigenvalue weighted by atomic mass is 9.74. The van der Waals surface area contributed by atoms with Crippen molar-refractivity contribution in [1.82, 2.24) is 0 Å². The molecule has 0 radical (unpaired) electrons. The van der Waals surface area contributed by atoms with E-state index < -0.39 is 6.10 Å². The Kier molecular flexibility index (Phi) is 9.69. The summed E-state index contributed by atoms with van der Waals surface area (Å²) >= 11 is 0. The van der Waals surface area contributed by atoms with E-state index in [-0.39, 0.29) is 22.9 Å². The average Bonchev–Trinajstić information content (AvgIpc) is 3.08. The van der Waals surface area contributed by atoms with Crippen LogP contribution in [0.1, 0.15) is 94.9 Å². The minimum atomic E-state index is -0.499. The van der Waals surface area contributed by atoms with Crippen LogP contribution in [0.3, 0.4) is 0 Å². The number of hydrogen-bond acceptors (Lipinski definition) is 3. The van der Waals surface area contributed by atoms with Crippen molar-refractivity contribution in [2.24, 2.45) is 28.6 Å². The highest BCUT2D eigenvalue weighted by atomic mass is 16.3. The molecule has 0 saturated heterocycles. The Hall–Kier alpha value is -1.48. The molecule has 4 unspecified atom stereocenters. The zero-order valence-electron chi connectivity index (χ0n) is 21.6. The van der Waals surface area contributed by atoms with Crippen LogP contribution < -0.4 is 0 Å². The Balaban J connectivity index is 0.000000311. The van der Waals surface area contributed by atoms with Gasteiger partial charge in [0, 0.05) is 5.92 Å². The Morgan fingerprint density at radius 3 is 1.81 bits per heavy atom. The minimum Gasteiger partial charge on any atom is -0.392 e. The van der Waals surface area contributed by atoms with E-state index >= 15 is 0 Å². The van der Waals surface area contributed by atoms with Crippen LogP contribution in [0.4, 0.5) is 0 Å². The van der Waals surface area contributed by atoms with Gasteiger partial charge in [-0.25, -0.2) is 0 Å². The molecular formula is C28H46O3. The highest BCUT2D eigenvalue weighted by molar-refractivity contribution is 5.92. The molecule has 0 aromatic rings. The van der Waals surface area contributed by atoms with Gasteiger partial charge in [-0.15, -0.1) is 0 Å². The summed E-state index contributed by atoms with van der Waals surface area (Å²) in [6.07, 6.45) is 10.1. The molecule has 0 spiro atoms. The van der Waals surface area contributed by atoms with E-state index in [0.29, 0.717) is 17.3 Å². The van der Waals surface area contributed by atoms with Crippen molar-refractivity contribution in [2.45, 2.75) is 101 Å². The zero-order chi connectivity index (χ0) is 24.1. The fourth-order valence-corrected chi connectivity index (χ4v) is 4.41. The van der Waals surface area contributed by atoms with Gasteiger partial charge in [-0.3, -0.25) is 9.59 Å². The molecule has 0 aromatic carbocycles. The van der Waals surface area contributed by atoms with E-state index in [1.165, 1.54) is 11.1 Å². The quantitative estimate of drug-likeness (QED) is 0.354. The maximum Gasteiger partial charge on any atom is 0.155 e. The van der Waals surface area contributed by atoms with E-state index in [1.807, 2.05) is 13.8 Å². The fraction of sp³-hybridized carbons (Fsp3) is 0.714. The van der Waals surface area contributed by atoms with Crippen LogP contribution in [0.15, 0.2) is 34.9 Å². The van der Waals surface area contributed by atoms with E-state index in [4.69, 9.17) is 0 Å². The molecular weight excluding hydrogens is 384 g/mol. The number of ketones is 2. The number of rotatable bonds is 7. The summed E-state index contributed by atoms with van der Waals surface area (Å²) < 4.78 is 0. The Bertz CT molecular complexity index is 748. The third-order valence-corrected chi connectivity index (χ3v) is 8.50. The van der Waals surface area contributed by atoms with Gasteiger partial charge in [0.15, 0.2) is 5.78 Å². The smallest absolute Gasteiger partial charge is 0.155 e. The molecule has 2 rings (SSSR count). The van der Waals surface area contributed by atoms with Crippen molar-refractivity contribution in [3.8, 4) is 0 Å². The molecule has 1 N–H and O–H groups in total. The molecule has 0 amide bonds. The number of carbonyl (C=O) groups is 2. The monoisotopic (exact) mass is 430 g/mol. The van der Waals surface area contributed by atoms with Gasteiger partial charge in [0.2, 0.25) is 0 Å². The van der Waals surface area contributed by atoms with Crippen molar-refractivity contribution < 1.29 is 14.7 Å². The highest BCUT2D eigenvalue weighted by Crippen LogP contribution is 2.46. The minimum absolute atomic E-state index is 0.0768. The molecule has 2 aliphatic carbocycles. The first-order chi connectivity index (χ1) is 14.1. The first-order valence-electron chi connectivity index (χ1n) is 11.8. The van der Waals surface area contributed by atoms with Gasteiger partial charge in [0.25, 0.3) is 0 Å². The van der Waals surface area contributed by atoms with Crippen LogP contribution in [0.25, 0.3) is 0 Å². The third-order valence-electron chi connectivity index (χ3n) is 8.50. The average molecular weight is 431 g/mol. The van der Waals surface area contributed by atoms with E-state index in [0.717, 1.165) is 31.3 Å². The molecule has 2 aliphatic rings. The first-order valence-corrected chi connectivity index (χ1v) is 11.8. The maximum atomic E-state index is 11.2. The lowest BCUT2D eigenvalue weighted by molar-refractivity contribution is -0.124. The number of hydrogen-bond donors (Lipinski definition) is 1. The molecule has 31 heavy (non-hydrogen) atoms. The predicted octanol–water partition coefficient (Wildman–Crippen LogP) is 6.86. The number of aliphatic hydroxyl groups excluding tert-OH is 1. The number of aliphatic hydroxyl groups is 1. The highest BCUT2D eigenvalue weighted by Gasteiger charge is 2.37. The topological polar surface area (TPSA) is 54.4 Å². The standard InChI is InChI=1S/C14H24O2.C14H22O/c1-9-6-7-12(14(9,4)5)8-13(16)10(2)11(3)15;1-10(12(3)15)6-8-13-9-7-11(2)14(13,4)5/h6,10,12-13,16H,7-8H2,1-5H3;6-7,13H,8-9H2,1-5H3/b;10-6+. The van der Waals surface area contributed by atoms with Gasteiger partial charge < -0.3 is 5.11 Å². The van der Waals surface area contributed by atoms with Crippen molar-refractivity contribution in [2.75, 3.05) is 0 Å². The molecule has 176 valence electrons. The second-order valence-electron chi connectivity index (χ2n) is 11.0. The summed E-state index contributed by atoms with van der Waals surface area (Å²) in [6.45, 7) is 20.3. The lowest BCUT2D eigenvalue weighted by Gasteiger charge is -2.32. The SMILES string of the molecule is CC(=O)/C(C)=C/CC1CC=C(C)C1(C)C.CC(=O)C(C)C(O)CC1CC=C(C)C1(C)C. The Morgan fingerprint density at radius 2 is 1.45 bits per heavy atom. The zero-order valence-corrected chi connectivity index (χ0v) is 21.6. The van der Waals surface area contributed by atoms with Crippen LogP contribution in [-0.2, 0) is 9.59 Å². The van der Waals surface area contributed by atoms with Crippen LogP contribution in [-0.4, -0.2) is 22.8 Å². The van der Waals surface area contributed by atoms with Crippen molar-refractivity contribution >= 4 is 11.6 Å². The third kappa shape index (κ3) is 7.00. The summed E-state index contributed by atoms with van der Waals surface area (Å²) in [6, 6.07) is 0.